The van der Waals surface area contributed by atoms with Gasteiger partial charge in [0.15, 0.2) is 0 Å². The summed E-state index contributed by atoms with van der Waals surface area (Å²) in [4.78, 5) is 47.4. The first kappa shape index (κ1) is 39.4. The van der Waals surface area contributed by atoms with Crippen LogP contribution in [0.25, 0.3) is 0 Å². The molecule has 5 rings (SSSR count). The smallest absolute Gasteiger partial charge is 0.362 e. The van der Waals surface area contributed by atoms with Gasteiger partial charge in [0.2, 0.25) is 0 Å². The Hall–Kier alpha value is -3.03. The van der Waals surface area contributed by atoms with Gasteiger partial charge in [0, 0.05) is 49.6 Å². The first-order valence-electron chi connectivity index (χ1n) is 15.4. The number of carbonyl (C=O) groups excluding carboxylic acids is 2. The Bertz CT molecular complexity index is 1650. The molecule has 3 aromatic rings. The molecule has 3 amide bonds. The number of anilines is 1. The molecule has 1 N–H and O–H groups in total. The minimum atomic E-state index is -3.90. The van der Waals surface area contributed by atoms with Gasteiger partial charge >= 0.3 is 11.4 Å². The van der Waals surface area contributed by atoms with Gasteiger partial charge in [0.1, 0.15) is 17.0 Å². The van der Waals surface area contributed by atoms with E-state index in [4.69, 9.17) is 44.3 Å². The predicted octanol–water partition coefficient (Wildman–Crippen LogP) is 8.62. The van der Waals surface area contributed by atoms with Crippen LogP contribution in [-0.4, -0.2) is 67.2 Å². The lowest BCUT2D eigenvalue weighted by atomic mass is 10.1. The van der Waals surface area contributed by atoms with Crippen molar-refractivity contribution in [3.8, 4) is 5.75 Å². The zero-order chi connectivity index (χ0) is 35.8. The van der Waals surface area contributed by atoms with Gasteiger partial charge < -0.3 is 24.3 Å². The molecule has 48 heavy (non-hydrogen) atoms. The average Bonchev–Trinajstić information content (AvgIpc) is 3.49. The highest BCUT2D eigenvalue weighted by Crippen LogP contribution is 2.42. The lowest BCUT2D eigenvalue weighted by Crippen LogP contribution is -2.50. The number of hydrogen-bond donors (Lipinski definition) is 1. The SMILES string of the molecule is CC.CC.COCCN1CCCN(c2cc3c(cc2OC)CN(C(=O)c2c(Sc4c(Cl)cccc4Cl)cc(C(F)(F)Cl)[nH]c2=O)C3)C1=O. The summed E-state index contributed by atoms with van der Waals surface area (Å²) in [7, 11) is 3.07. The summed E-state index contributed by atoms with van der Waals surface area (Å²) in [6.07, 6.45) is 0.746. The molecule has 1 aromatic heterocycles. The monoisotopic (exact) mass is 746 g/mol. The van der Waals surface area contributed by atoms with E-state index in [2.05, 4.69) is 0 Å². The maximum atomic E-state index is 14.1. The summed E-state index contributed by atoms with van der Waals surface area (Å²) in [5.41, 5.74) is -0.221. The number of carbonyl (C=O) groups is 2. The van der Waals surface area contributed by atoms with Gasteiger partial charge in [0.25, 0.3) is 11.5 Å². The molecule has 0 radical (unpaired) electrons. The number of nitrogens with one attached hydrogen (secondary N) is 1. The number of pyridine rings is 1. The van der Waals surface area contributed by atoms with Crippen molar-refractivity contribution in [3.63, 3.8) is 0 Å². The van der Waals surface area contributed by atoms with E-state index >= 15 is 0 Å². The van der Waals surface area contributed by atoms with Gasteiger partial charge in [-0.1, -0.05) is 68.7 Å². The van der Waals surface area contributed by atoms with Gasteiger partial charge in [-0.15, -0.1) is 0 Å². The maximum Gasteiger partial charge on any atom is 0.362 e. The molecule has 262 valence electrons. The van der Waals surface area contributed by atoms with E-state index in [0.29, 0.717) is 37.7 Å². The van der Waals surface area contributed by atoms with Gasteiger partial charge in [-0.3, -0.25) is 14.5 Å². The van der Waals surface area contributed by atoms with E-state index < -0.39 is 22.5 Å². The number of rotatable bonds is 9. The molecule has 1 saturated heterocycles. The summed E-state index contributed by atoms with van der Waals surface area (Å²) in [6, 6.07) is 9.05. The first-order valence-corrected chi connectivity index (χ1v) is 17.4. The number of nitrogens with zero attached hydrogens (tertiary/aromatic N) is 3. The van der Waals surface area contributed by atoms with Crippen LogP contribution in [-0.2, 0) is 23.2 Å². The number of ether oxygens (including phenoxy) is 2. The van der Waals surface area contributed by atoms with Crippen molar-refractivity contribution in [1.82, 2.24) is 14.8 Å². The normalized spacial score (nSPS) is 14.1. The van der Waals surface area contributed by atoms with E-state index in [1.54, 1.807) is 47.2 Å². The second kappa shape index (κ2) is 17.6. The third-order valence-corrected chi connectivity index (χ3v) is 9.57. The number of halogens is 5. The van der Waals surface area contributed by atoms with Crippen LogP contribution >= 0.6 is 46.6 Å². The fourth-order valence-corrected chi connectivity index (χ4v) is 6.91. The van der Waals surface area contributed by atoms with Crippen molar-refractivity contribution >= 4 is 64.2 Å². The number of benzene rings is 2. The van der Waals surface area contributed by atoms with Crippen molar-refractivity contribution in [1.29, 1.82) is 0 Å². The van der Waals surface area contributed by atoms with E-state index in [-0.39, 0.29) is 44.5 Å². The molecule has 0 bridgehead atoms. The number of urea groups is 1. The second-order valence-electron chi connectivity index (χ2n) is 10.1. The average molecular weight is 748 g/mol. The van der Waals surface area contributed by atoms with Gasteiger partial charge in [0.05, 0.1) is 29.4 Å². The summed E-state index contributed by atoms with van der Waals surface area (Å²) in [6.45, 7) is 10.2. The quantitative estimate of drug-likeness (QED) is 0.221. The lowest BCUT2D eigenvalue weighted by Gasteiger charge is -2.36. The highest BCUT2D eigenvalue weighted by Gasteiger charge is 2.36. The van der Waals surface area contributed by atoms with Crippen LogP contribution in [0, 0.1) is 0 Å². The zero-order valence-electron chi connectivity index (χ0n) is 27.6. The largest absolute Gasteiger partial charge is 0.495 e. The molecule has 3 heterocycles. The number of aromatic amines is 1. The number of methoxy groups -OCH3 is 2. The van der Waals surface area contributed by atoms with E-state index in [1.165, 1.54) is 12.0 Å². The van der Waals surface area contributed by atoms with Crippen molar-refractivity contribution in [2.75, 3.05) is 45.4 Å². The van der Waals surface area contributed by atoms with Crippen molar-refractivity contribution < 1.29 is 27.8 Å². The van der Waals surface area contributed by atoms with Crippen LogP contribution in [0.3, 0.4) is 0 Å². The zero-order valence-corrected chi connectivity index (χ0v) is 30.7. The van der Waals surface area contributed by atoms with E-state index in [9.17, 15) is 23.2 Å². The van der Waals surface area contributed by atoms with Gasteiger partial charge in [-0.2, -0.15) is 8.78 Å². The van der Waals surface area contributed by atoms with E-state index in [0.717, 1.165) is 35.4 Å². The fourth-order valence-electron chi connectivity index (χ4n) is 5.17. The predicted molar refractivity (Wildman–Crippen MR) is 187 cm³/mol. The third-order valence-electron chi connectivity index (χ3n) is 7.33. The minimum Gasteiger partial charge on any atom is -0.495 e. The molecule has 2 aliphatic heterocycles. The van der Waals surface area contributed by atoms with Crippen molar-refractivity contribution in [3.05, 3.63) is 79.2 Å². The summed E-state index contributed by atoms with van der Waals surface area (Å²) < 4.78 is 39.0. The number of alkyl halides is 3. The molecular weight excluding hydrogens is 709 g/mol. The van der Waals surface area contributed by atoms with Crippen molar-refractivity contribution in [2.24, 2.45) is 0 Å². The maximum absolute atomic E-state index is 14.1. The molecule has 0 atom stereocenters. The topological polar surface area (TPSA) is 95.2 Å². The third kappa shape index (κ3) is 8.76. The van der Waals surface area contributed by atoms with Crippen LogP contribution in [0.1, 0.15) is 61.3 Å². The van der Waals surface area contributed by atoms with Crippen LogP contribution in [0.5, 0.6) is 5.75 Å². The highest BCUT2D eigenvalue weighted by molar-refractivity contribution is 7.99. The summed E-state index contributed by atoms with van der Waals surface area (Å²) in [5.74, 6) is -0.242. The molecule has 0 spiro atoms. The Labute approximate surface area is 298 Å². The standard InChI is InChI=1S/C29H27Cl3F2N4O5S.2C2H6/c1-42-10-9-36-7-4-8-38(28(36)41)20-11-16-14-37(15-17(16)12-21(20)43-2)27(40)24-22(13-23(29(32,33)34)35-26(24)39)44-25-18(30)5-3-6-19(25)31;2*1-2/h3,5-6,11-13H,4,7-10,14-15H2,1-2H3,(H,35,39);2*1-2H3. The Kier molecular flexibility index (Phi) is 14.4. The Morgan fingerprint density at radius 3 is 2.21 bits per heavy atom. The van der Waals surface area contributed by atoms with Crippen LogP contribution in [0.4, 0.5) is 19.3 Å². The Morgan fingerprint density at radius 2 is 1.62 bits per heavy atom. The highest BCUT2D eigenvalue weighted by atomic mass is 35.5. The number of fused-ring (bicyclic) bond motifs is 1. The summed E-state index contributed by atoms with van der Waals surface area (Å²) in [5, 5.41) is -3.48. The molecule has 15 heteroatoms. The molecule has 9 nitrogen and oxygen atoms in total. The summed E-state index contributed by atoms with van der Waals surface area (Å²) >= 11 is 18.7. The second-order valence-corrected chi connectivity index (χ2v) is 12.5. The minimum absolute atomic E-state index is 0.0895. The molecule has 0 saturated carbocycles. The number of aromatic nitrogens is 1. The number of hydrogen-bond acceptors (Lipinski definition) is 6. The van der Waals surface area contributed by atoms with Gasteiger partial charge in [-0.05, 0) is 59.5 Å². The molecule has 2 aromatic carbocycles. The van der Waals surface area contributed by atoms with Crippen LogP contribution in [0.2, 0.25) is 10.0 Å². The molecule has 0 unspecified atom stereocenters. The van der Waals surface area contributed by atoms with Crippen molar-refractivity contribution in [2.45, 2.75) is 62.4 Å². The Balaban J connectivity index is 0.00000151. The number of H-pyrrole nitrogens is 1. The Morgan fingerprint density at radius 1 is 1.00 bits per heavy atom. The van der Waals surface area contributed by atoms with Crippen LogP contribution < -0.4 is 15.2 Å². The van der Waals surface area contributed by atoms with E-state index in [1.807, 2.05) is 32.7 Å². The van der Waals surface area contributed by atoms with Crippen LogP contribution in [0.15, 0.2) is 51.0 Å². The molecule has 1 fully saturated rings. The molecule has 0 aliphatic carbocycles. The lowest BCUT2D eigenvalue weighted by molar-refractivity contribution is 0.0740. The molecule has 2 aliphatic rings. The van der Waals surface area contributed by atoms with Gasteiger partial charge in [-0.25, -0.2) is 4.79 Å². The number of amides is 3. The molecular formula is C33H39Cl3F2N4O5S. The first-order chi connectivity index (χ1) is 22.9. The fraction of sp³-hybridized carbons (Fsp3) is 0.424.